The first-order chi connectivity index (χ1) is 26.8. The molecular weight excluding hydrogens is 854 g/mol. The van der Waals surface area contributed by atoms with Crippen LogP contribution in [-0.2, 0) is 0 Å². The molecule has 0 spiro atoms. The molecule has 9 aromatic heterocycles. The normalized spacial score (nSPS) is 9.49. The molecule has 3 N–H and O–H groups in total. The van der Waals surface area contributed by atoms with Crippen LogP contribution in [0, 0.1) is 49.4 Å². The van der Waals surface area contributed by atoms with Gasteiger partial charge in [0.1, 0.15) is 0 Å². The summed E-state index contributed by atoms with van der Waals surface area (Å²) in [5.41, 5.74) is 1.87. The Morgan fingerprint density at radius 1 is 0.418 bits per heavy atom. The van der Waals surface area contributed by atoms with Crippen molar-refractivity contribution in [3.63, 3.8) is 0 Å². The van der Waals surface area contributed by atoms with Crippen molar-refractivity contribution < 1.29 is 64.7 Å². The minimum Gasteiger partial charge on any atom is -0.400 e. The van der Waals surface area contributed by atoms with Gasteiger partial charge in [0, 0.05) is 58.5 Å². The molecule has 0 bridgehead atoms. The van der Waals surface area contributed by atoms with Crippen molar-refractivity contribution in [2.45, 2.75) is 0 Å². The number of pyridine rings is 3. The number of aliphatic hydroxyl groups excluding tert-OH is 3. The molecule has 0 atom stereocenters. The van der Waals surface area contributed by atoms with Gasteiger partial charge in [0.05, 0.1) is 34.6 Å². The van der Waals surface area contributed by atoms with Gasteiger partial charge in [-0.05, 0) is 54.6 Å². The van der Waals surface area contributed by atoms with Crippen molar-refractivity contribution in [3.8, 4) is 52.0 Å². The van der Waals surface area contributed by atoms with Gasteiger partial charge in [-0.15, -0.1) is 0 Å². The summed E-state index contributed by atoms with van der Waals surface area (Å²) in [7, 11) is 3.00. The molecular formula is C30H30EuN21O3. The van der Waals surface area contributed by atoms with Crippen molar-refractivity contribution in [2.24, 2.45) is 0 Å². The third-order valence-corrected chi connectivity index (χ3v) is 6.06. The molecule has 0 amide bonds. The maximum Gasteiger partial charge on any atom is 3.00 e. The van der Waals surface area contributed by atoms with E-state index in [-0.39, 0.29) is 49.4 Å². The van der Waals surface area contributed by atoms with E-state index < -0.39 is 0 Å². The topological polar surface area (TPSA) is 311 Å². The van der Waals surface area contributed by atoms with E-state index >= 15 is 0 Å². The quantitative estimate of drug-likeness (QED) is 0.181. The van der Waals surface area contributed by atoms with Crippen LogP contribution in [0.15, 0.2) is 110 Å². The summed E-state index contributed by atoms with van der Waals surface area (Å²) in [6.07, 6.45) is 10.5. The van der Waals surface area contributed by atoms with Gasteiger partial charge in [0.25, 0.3) is 0 Å². The summed E-state index contributed by atoms with van der Waals surface area (Å²) < 4.78 is 4.98. The molecule has 0 aliphatic rings. The molecule has 0 aliphatic carbocycles. The molecule has 0 aromatic carbocycles. The second-order valence-electron chi connectivity index (χ2n) is 9.10. The number of hydrogen-bond acceptors (Lipinski definition) is 18. The van der Waals surface area contributed by atoms with E-state index in [0.29, 0.717) is 52.0 Å². The minimum atomic E-state index is 0. The monoisotopic (exact) mass is 885 g/mol. The Labute approximate surface area is 351 Å². The van der Waals surface area contributed by atoms with Crippen LogP contribution >= 0.6 is 0 Å². The maximum absolute atomic E-state index is 7.00. The third kappa shape index (κ3) is 12.4. The molecule has 0 saturated heterocycles. The van der Waals surface area contributed by atoms with Crippen LogP contribution in [0.1, 0.15) is 0 Å². The summed E-state index contributed by atoms with van der Waals surface area (Å²) >= 11 is 0. The Kier molecular flexibility index (Phi) is 18.9. The van der Waals surface area contributed by atoms with Crippen LogP contribution in [0.25, 0.3) is 52.0 Å². The van der Waals surface area contributed by atoms with Crippen molar-refractivity contribution in [1.82, 2.24) is 106 Å². The maximum atomic E-state index is 7.00. The zero-order valence-corrected chi connectivity index (χ0v) is 31.4. The molecule has 9 heterocycles. The fourth-order valence-corrected chi connectivity index (χ4v) is 3.98. The zero-order chi connectivity index (χ0) is 38.4. The molecule has 9 aromatic rings. The van der Waals surface area contributed by atoms with Crippen LogP contribution < -0.4 is 15.3 Å². The molecule has 25 heteroatoms. The Morgan fingerprint density at radius 3 is 0.927 bits per heavy atom. The second-order valence-corrected chi connectivity index (χ2v) is 9.10. The average molecular weight is 885 g/mol. The standard InChI is InChI=1S/3C9H6N7.3CH4O.Eu/c3*1-3-7(9-12-14-15-13-9)11-8(4-1)16-6-2-5-10-16;3*1-2;/h3*1-6H;3*2H,1H3;/q3*-1;;;;+3. The Bertz CT molecular complexity index is 1840. The van der Waals surface area contributed by atoms with Crippen molar-refractivity contribution in [2.75, 3.05) is 21.3 Å². The smallest absolute Gasteiger partial charge is 0.400 e. The van der Waals surface area contributed by atoms with E-state index in [2.05, 4.69) is 92.1 Å². The SMILES string of the molecule is CO.CO.CO.[Eu+3].c1cc(-c2nnn[n-]2)nc(-n2cccn2)c1.c1cc(-c2nnn[n-]2)nc(-n2cccn2)c1.c1cc(-c2nnn[n-]2)nc(-n2cccn2)c1. The molecule has 0 aliphatic heterocycles. The van der Waals surface area contributed by atoms with Gasteiger partial charge < -0.3 is 30.6 Å². The van der Waals surface area contributed by atoms with Crippen LogP contribution in [0.4, 0.5) is 0 Å². The van der Waals surface area contributed by atoms with Crippen LogP contribution in [0.5, 0.6) is 0 Å². The van der Waals surface area contributed by atoms with E-state index in [4.69, 9.17) is 15.3 Å². The summed E-state index contributed by atoms with van der Waals surface area (Å²) in [6.45, 7) is 0. The van der Waals surface area contributed by atoms with Crippen LogP contribution in [0.3, 0.4) is 0 Å². The van der Waals surface area contributed by atoms with Gasteiger partial charge in [-0.25, -0.2) is 29.0 Å². The van der Waals surface area contributed by atoms with Gasteiger partial charge in [-0.3, -0.25) is 30.9 Å². The summed E-state index contributed by atoms with van der Waals surface area (Å²) in [4.78, 5) is 13.1. The van der Waals surface area contributed by atoms with Gasteiger partial charge in [0.15, 0.2) is 17.5 Å². The van der Waals surface area contributed by atoms with Crippen molar-refractivity contribution in [3.05, 3.63) is 110 Å². The summed E-state index contributed by atoms with van der Waals surface area (Å²) in [5.74, 6) is 3.34. The van der Waals surface area contributed by atoms with E-state index in [1.54, 1.807) is 50.8 Å². The fourth-order valence-electron chi connectivity index (χ4n) is 3.98. The summed E-state index contributed by atoms with van der Waals surface area (Å²) in [5, 5.41) is 76.2. The van der Waals surface area contributed by atoms with Crippen LogP contribution in [0.2, 0.25) is 0 Å². The predicted molar refractivity (Wildman–Crippen MR) is 185 cm³/mol. The molecule has 0 saturated carbocycles. The zero-order valence-electron chi connectivity index (χ0n) is 29.0. The molecule has 0 unspecified atom stereocenters. The minimum absolute atomic E-state index is 0. The van der Waals surface area contributed by atoms with Crippen molar-refractivity contribution >= 4 is 0 Å². The largest absolute Gasteiger partial charge is 3.00 e. The number of aromatic nitrogens is 21. The first kappa shape index (κ1) is 43.2. The van der Waals surface area contributed by atoms with Crippen molar-refractivity contribution in [1.29, 1.82) is 0 Å². The molecule has 55 heavy (non-hydrogen) atoms. The van der Waals surface area contributed by atoms with Gasteiger partial charge in [0.2, 0.25) is 0 Å². The van der Waals surface area contributed by atoms with Crippen LogP contribution in [-0.4, -0.2) is 128 Å². The first-order valence-corrected chi connectivity index (χ1v) is 15.1. The van der Waals surface area contributed by atoms with E-state index in [1.165, 1.54) is 0 Å². The summed E-state index contributed by atoms with van der Waals surface area (Å²) in [6, 6.07) is 22.0. The first-order valence-electron chi connectivity index (χ1n) is 15.1. The number of tetrazole rings is 3. The molecule has 280 valence electrons. The molecule has 0 fully saturated rings. The predicted octanol–water partition coefficient (Wildman–Crippen LogP) is -0.945. The average Bonchev–Trinajstić information content (AvgIpc) is 4.12. The van der Waals surface area contributed by atoms with E-state index in [0.717, 1.165) is 21.3 Å². The van der Waals surface area contributed by atoms with E-state index in [9.17, 15) is 0 Å². The molecule has 0 radical (unpaired) electrons. The third-order valence-electron chi connectivity index (χ3n) is 6.06. The number of rotatable bonds is 6. The Morgan fingerprint density at radius 2 is 0.709 bits per heavy atom. The number of hydrogen-bond donors (Lipinski definition) is 3. The Hall–Kier alpha value is -6.25. The number of nitrogens with zero attached hydrogens (tertiary/aromatic N) is 21. The molecule has 9 rings (SSSR count). The van der Waals surface area contributed by atoms with Gasteiger partial charge >= 0.3 is 49.4 Å². The van der Waals surface area contributed by atoms with Gasteiger partial charge in [-0.1, -0.05) is 18.2 Å². The van der Waals surface area contributed by atoms with Gasteiger partial charge in [-0.2, -0.15) is 30.9 Å². The number of aliphatic hydroxyl groups is 3. The van der Waals surface area contributed by atoms with E-state index in [1.807, 2.05) is 73.2 Å². The fraction of sp³-hybridized carbons (Fsp3) is 0.100. The molecule has 24 nitrogen and oxygen atoms in total. The second kappa shape index (κ2) is 24.1. The Balaban J connectivity index is 0.000000205.